The summed E-state index contributed by atoms with van der Waals surface area (Å²) >= 11 is 3.71. The first-order chi connectivity index (χ1) is 58.5. The van der Waals surface area contributed by atoms with E-state index in [0.29, 0.717) is 11.6 Å². The van der Waals surface area contributed by atoms with Gasteiger partial charge in [-0.3, -0.25) is 0 Å². The molecule has 0 aliphatic heterocycles. The molecule has 0 bridgehead atoms. The standard InChI is InChI=1S/C113H76N4S2/c1-6-7-48-86-67(2)102-80(44-29-54-92(102)110(86,3)4)96-64-99(117-109(116-96)85-47-31-56-94-105(85)79-41-18-25-53-91(79)113(94)89-51-23-15-36-72(89)73-37-16-24-52-90(73)113)83-62-60-69(103-84-42-20-27-58-101(84)119-107(83)103)66-111(5)87-49-21-17-40-78(87)104-81(45-30-55-93(104)111)97-65-98(82-46-28-43-77-76-39-19-26-57-100(76)118-106(77)82)115-108(114-97)68-59-61-75-74-38-14-22-50-88(74)112(95(75)63-68,70-32-10-8-11-33-70)71-34-12-9-13-35-71/h6-65H,1,66H2,2-5H3/b48-7-. The van der Waals surface area contributed by atoms with Gasteiger partial charge in [-0.05, 0) is 172 Å². The number of benzene rings is 15. The molecule has 5 aliphatic rings. The summed E-state index contributed by atoms with van der Waals surface area (Å²) in [6.07, 6.45) is 6.93. The lowest BCUT2D eigenvalue weighted by molar-refractivity contribution is 0.585. The van der Waals surface area contributed by atoms with Crippen molar-refractivity contribution in [2.45, 2.75) is 55.8 Å². The Morgan fingerprint density at radius 3 is 1.39 bits per heavy atom. The van der Waals surface area contributed by atoms with Crippen molar-refractivity contribution >= 4 is 68.6 Å². The van der Waals surface area contributed by atoms with Gasteiger partial charge in [0.15, 0.2) is 11.6 Å². The summed E-state index contributed by atoms with van der Waals surface area (Å²) < 4.78 is 4.89. The van der Waals surface area contributed by atoms with E-state index in [4.69, 9.17) is 19.9 Å². The third kappa shape index (κ3) is 9.73. The summed E-state index contributed by atoms with van der Waals surface area (Å²) in [4.78, 5) is 23.6. The average molecular weight is 1550 g/mol. The van der Waals surface area contributed by atoms with Gasteiger partial charge >= 0.3 is 0 Å². The highest BCUT2D eigenvalue weighted by atomic mass is 32.1. The van der Waals surface area contributed by atoms with Gasteiger partial charge in [-0.15, -0.1) is 22.7 Å². The van der Waals surface area contributed by atoms with Gasteiger partial charge in [-0.1, -0.05) is 361 Å². The van der Waals surface area contributed by atoms with Crippen LogP contribution >= 0.6 is 22.7 Å². The molecular weight excluding hydrogens is 1480 g/mol. The Hall–Kier alpha value is -13.9. The van der Waals surface area contributed by atoms with E-state index in [9.17, 15) is 0 Å². The molecule has 0 saturated heterocycles. The van der Waals surface area contributed by atoms with E-state index in [2.05, 4.69) is 392 Å². The lowest BCUT2D eigenvalue weighted by atomic mass is 9.67. The summed E-state index contributed by atoms with van der Waals surface area (Å²) in [5.41, 5.74) is 36.6. The molecule has 0 N–H and O–H groups in total. The number of allylic oxidation sites excluding steroid dienone is 5. The topological polar surface area (TPSA) is 51.6 Å². The van der Waals surface area contributed by atoms with E-state index in [0.717, 1.165) is 62.6 Å². The smallest absolute Gasteiger partial charge is 0.161 e. The van der Waals surface area contributed by atoms with Crippen molar-refractivity contribution < 1.29 is 0 Å². The van der Waals surface area contributed by atoms with Crippen LogP contribution in [-0.4, -0.2) is 19.9 Å². The second-order valence-electron chi connectivity index (χ2n) is 33.5. The number of aromatic nitrogens is 4. The van der Waals surface area contributed by atoms with Crippen LogP contribution in [0.5, 0.6) is 0 Å². The maximum Gasteiger partial charge on any atom is 0.161 e. The van der Waals surface area contributed by atoms with Crippen LogP contribution in [0.4, 0.5) is 0 Å². The quantitative estimate of drug-likeness (QED) is 0.114. The zero-order chi connectivity index (χ0) is 79.2. The number of fused-ring (bicyclic) bond motifs is 23. The van der Waals surface area contributed by atoms with Crippen molar-refractivity contribution in [1.29, 1.82) is 0 Å². The van der Waals surface area contributed by atoms with Gasteiger partial charge in [-0.25, -0.2) is 19.9 Å². The number of hydrogen-bond acceptors (Lipinski definition) is 6. The van der Waals surface area contributed by atoms with Gasteiger partial charge in [0.25, 0.3) is 0 Å². The first-order valence-electron chi connectivity index (χ1n) is 41.3. The SMILES string of the molecule is C=C/C=C\C1=C(C)c2c(-c3cc(-c4ccc(CC5(C)c6ccccc6-c6c(-c7cc(-c8cccc9c8sc8ccccc89)nc(-c8ccc9c(c8)C(c8ccccc8)(c8ccccc8)c8ccccc8-9)n7)cccc65)c5c4sc4ccccc45)nc(-c4cccc5c4-c4ccccc4C54c5ccccc5-c5ccccc54)n3)cccc2C1(C)C. The van der Waals surface area contributed by atoms with Crippen LogP contribution in [-0.2, 0) is 28.1 Å². The predicted molar refractivity (Wildman–Crippen MR) is 497 cm³/mol. The van der Waals surface area contributed by atoms with Gasteiger partial charge in [0.2, 0.25) is 0 Å². The third-order valence-electron chi connectivity index (χ3n) is 27.1. The Labute approximate surface area is 699 Å². The molecule has 4 heterocycles. The van der Waals surface area contributed by atoms with E-state index < -0.39 is 16.2 Å². The number of nitrogens with zero attached hydrogens (tertiary/aromatic N) is 4. The number of hydrogen-bond donors (Lipinski definition) is 0. The minimum atomic E-state index is -0.614. The van der Waals surface area contributed by atoms with Crippen molar-refractivity contribution in [3.8, 4) is 112 Å². The first-order valence-corrected chi connectivity index (χ1v) is 43.0. The minimum Gasteiger partial charge on any atom is -0.228 e. The minimum absolute atomic E-state index is 0.269. The van der Waals surface area contributed by atoms with Crippen molar-refractivity contribution in [2.24, 2.45) is 0 Å². The van der Waals surface area contributed by atoms with Crippen LogP contribution in [0.25, 0.3) is 158 Å². The van der Waals surface area contributed by atoms with Crippen molar-refractivity contribution in [3.05, 3.63) is 448 Å². The zero-order valence-electron chi connectivity index (χ0n) is 66.2. The summed E-state index contributed by atoms with van der Waals surface area (Å²) in [6, 6.07) is 129. The summed E-state index contributed by atoms with van der Waals surface area (Å²) in [5.74, 6) is 1.37. The second-order valence-corrected chi connectivity index (χ2v) is 35.6. The van der Waals surface area contributed by atoms with Crippen molar-refractivity contribution in [3.63, 3.8) is 0 Å². The maximum absolute atomic E-state index is 6.00. The van der Waals surface area contributed by atoms with Gasteiger partial charge < -0.3 is 0 Å². The molecule has 15 aromatic carbocycles. The Kier molecular flexibility index (Phi) is 15.2. The van der Waals surface area contributed by atoms with Crippen LogP contribution in [0, 0.1) is 0 Å². The van der Waals surface area contributed by atoms with E-state index in [-0.39, 0.29) is 5.41 Å². The molecule has 1 spiro atoms. The number of rotatable bonds is 12. The molecule has 4 aromatic heterocycles. The van der Waals surface area contributed by atoms with Crippen LogP contribution in [0.3, 0.4) is 0 Å². The van der Waals surface area contributed by atoms with E-state index in [1.807, 2.05) is 28.7 Å². The molecule has 1 unspecified atom stereocenters. The number of thiophene rings is 2. The lowest BCUT2D eigenvalue weighted by Crippen LogP contribution is -2.28. The van der Waals surface area contributed by atoms with Gasteiger partial charge in [-0.2, -0.15) is 0 Å². The fraction of sp³-hybridized carbons (Fsp3) is 0.0796. The summed E-state index contributed by atoms with van der Waals surface area (Å²) in [6.45, 7) is 13.6. The second kappa shape index (κ2) is 26.1. The van der Waals surface area contributed by atoms with Crippen LogP contribution in [0.15, 0.2) is 376 Å². The Bertz CT molecular complexity index is 7590. The molecule has 5 aliphatic carbocycles. The van der Waals surface area contributed by atoms with Crippen molar-refractivity contribution in [1.82, 2.24) is 19.9 Å². The highest BCUT2D eigenvalue weighted by molar-refractivity contribution is 7.26. The molecule has 0 fully saturated rings. The molecule has 0 saturated carbocycles. The van der Waals surface area contributed by atoms with Crippen LogP contribution in [0.2, 0.25) is 0 Å². The van der Waals surface area contributed by atoms with Crippen LogP contribution < -0.4 is 0 Å². The fourth-order valence-corrected chi connectivity index (χ4v) is 24.7. The molecule has 24 rings (SSSR count). The Morgan fingerprint density at radius 1 is 0.319 bits per heavy atom. The molecular formula is C113H76N4S2. The maximum atomic E-state index is 6.00. The zero-order valence-corrected chi connectivity index (χ0v) is 67.8. The largest absolute Gasteiger partial charge is 0.228 e. The van der Waals surface area contributed by atoms with E-state index in [1.54, 1.807) is 0 Å². The van der Waals surface area contributed by atoms with Crippen LogP contribution in [0.1, 0.15) is 100 Å². The summed E-state index contributed by atoms with van der Waals surface area (Å²) in [7, 11) is 0. The highest BCUT2D eigenvalue weighted by Crippen LogP contribution is 2.65. The Balaban J connectivity index is 0.693. The third-order valence-corrected chi connectivity index (χ3v) is 29.6. The normalized spacial score (nSPS) is 15.6. The molecule has 0 amide bonds. The molecule has 119 heavy (non-hydrogen) atoms. The van der Waals surface area contributed by atoms with Gasteiger partial charge in [0, 0.05) is 84.6 Å². The van der Waals surface area contributed by atoms with E-state index in [1.165, 1.54) is 168 Å². The monoisotopic (exact) mass is 1550 g/mol. The lowest BCUT2D eigenvalue weighted by Gasteiger charge is -2.34. The summed E-state index contributed by atoms with van der Waals surface area (Å²) in [5, 5.41) is 4.97. The molecule has 560 valence electrons. The molecule has 0 radical (unpaired) electrons. The predicted octanol–water partition coefficient (Wildman–Crippen LogP) is 29.0. The fourth-order valence-electron chi connectivity index (χ4n) is 22.2. The van der Waals surface area contributed by atoms with E-state index >= 15 is 0 Å². The Morgan fingerprint density at radius 2 is 0.748 bits per heavy atom. The molecule has 6 heteroatoms. The molecule has 4 nitrogen and oxygen atoms in total. The van der Waals surface area contributed by atoms with Gasteiger partial charge in [0.05, 0.1) is 33.6 Å². The average Bonchev–Trinajstić information content (AvgIpc) is 1.51. The van der Waals surface area contributed by atoms with Crippen molar-refractivity contribution in [2.75, 3.05) is 0 Å². The molecule has 1 atom stereocenters. The van der Waals surface area contributed by atoms with Gasteiger partial charge in [0.1, 0.15) is 0 Å². The highest BCUT2D eigenvalue weighted by Gasteiger charge is 2.53. The molecule has 19 aromatic rings. The first kappa shape index (κ1) is 69.4.